The van der Waals surface area contributed by atoms with Crippen LogP contribution in [0.2, 0.25) is 5.02 Å². The molecule has 0 aliphatic carbocycles. The van der Waals surface area contributed by atoms with Crippen molar-refractivity contribution in [3.05, 3.63) is 70.9 Å². The van der Waals surface area contributed by atoms with Crippen molar-refractivity contribution >= 4 is 40.6 Å². The van der Waals surface area contributed by atoms with Gasteiger partial charge in [0.2, 0.25) is 0 Å². The summed E-state index contributed by atoms with van der Waals surface area (Å²) in [5.74, 6) is 0. The largest absolute Gasteiger partial charge is 0.358 e. The first kappa shape index (κ1) is 14.9. The van der Waals surface area contributed by atoms with E-state index in [0.29, 0.717) is 5.02 Å². The van der Waals surface area contributed by atoms with Crippen LogP contribution in [0.1, 0.15) is 12.5 Å². The van der Waals surface area contributed by atoms with Gasteiger partial charge < -0.3 is 5.32 Å². The van der Waals surface area contributed by atoms with Crippen molar-refractivity contribution in [2.75, 3.05) is 5.43 Å². The standard InChI is InChI=1S/C17H16ClN3S/c1-12-17(13-6-3-2-4-7-13)19-16(11-22)21(12)20-15-9-5-8-14(18)10-15/h2-11,16,19-20H,1H3. The average Bonchev–Trinajstić information content (AvgIpc) is 2.85. The highest BCUT2D eigenvalue weighted by molar-refractivity contribution is 7.79. The van der Waals surface area contributed by atoms with Crippen LogP contribution in [0.5, 0.6) is 0 Å². The Morgan fingerprint density at radius 1 is 1.18 bits per heavy atom. The van der Waals surface area contributed by atoms with E-state index in [0.717, 1.165) is 22.6 Å². The fraction of sp³-hybridized carbons (Fsp3) is 0.118. The van der Waals surface area contributed by atoms with E-state index in [1.165, 1.54) is 0 Å². The summed E-state index contributed by atoms with van der Waals surface area (Å²) >= 11 is 11.2. The molecule has 2 aromatic carbocycles. The van der Waals surface area contributed by atoms with Gasteiger partial charge in [0.25, 0.3) is 0 Å². The Kier molecular flexibility index (Phi) is 4.32. The minimum absolute atomic E-state index is 0.0933. The first-order valence-corrected chi connectivity index (χ1v) is 7.83. The molecule has 3 nitrogen and oxygen atoms in total. The summed E-state index contributed by atoms with van der Waals surface area (Å²) in [6, 6.07) is 17.8. The van der Waals surface area contributed by atoms with Gasteiger partial charge in [0.1, 0.15) is 6.17 Å². The van der Waals surface area contributed by atoms with Crippen LogP contribution in [0.4, 0.5) is 5.69 Å². The van der Waals surface area contributed by atoms with Crippen molar-refractivity contribution < 1.29 is 0 Å². The maximum atomic E-state index is 6.05. The molecule has 2 N–H and O–H groups in total. The van der Waals surface area contributed by atoms with E-state index in [9.17, 15) is 0 Å². The lowest BCUT2D eigenvalue weighted by Gasteiger charge is -2.26. The zero-order valence-corrected chi connectivity index (χ0v) is 13.7. The van der Waals surface area contributed by atoms with Gasteiger partial charge in [-0.2, -0.15) is 0 Å². The van der Waals surface area contributed by atoms with E-state index in [-0.39, 0.29) is 6.17 Å². The lowest BCUT2D eigenvalue weighted by molar-refractivity contribution is 0.387. The molecular formula is C17H16ClN3S. The number of benzene rings is 2. The third-order valence-corrected chi connectivity index (χ3v) is 4.05. The zero-order valence-electron chi connectivity index (χ0n) is 12.1. The molecule has 0 aromatic heterocycles. The van der Waals surface area contributed by atoms with Crippen molar-refractivity contribution in [3.63, 3.8) is 0 Å². The van der Waals surface area contributed by atoms with Crippen molar-refractivity contribution in [2.24, 2.45) is 0 Å². The number of allylic oxidation sites excluding steroid dienone is 1. The highest BCUT2D eigenvalue weighted by atomic mass is 35.5. The molecule has 0 saturated carbocycles. The number of rotatable bonds is 4. The van der Waals surface area contributed by atoms with Crippen LogP contribution in [0.15, 0.2) is 60.3 Å². The monoisotopic (exact) mass is 329 g/mol. The highest BCUT2D eigenvalue weighted by Gasteiger charge is 2.28. The van der Waals surface area contributed by atoms with Crippen molar-refractivity contribution in [3.8, 4) is 0 Å². The Morgan fingerprint density at radius 2 is 1.95 bits per heavy atom. The Morgan fingerprint density at radius 3 is 2.64 bits per heavy atom. The maximum absolute atomic E-state index is 6.05. The number of anilines is 1. The van der Waals surface area contributed by atoms with Crippen LogP contribution < -0.4 is 10.7 Å². The van der Waals surface area contributed by atoms with Crippen LogP contribution in [0.25, 0.3) is 5.70 Å². The third-order valence-electron chi connectivity index (χ3n) is 3.56. The number of hydrazine groups is 1. The smallest absolute Gasteiger partial charge is 0.148 e. The van der Waals surface area contributed by atoms with Crippen LogP contribution in [0, 0.1) is 0 Å². The lowest BCUT2D eigenvalue weighted by Crippen LogP contribution is -2.41. The Labute approximate surface area is 140 Å². The van der Waals surface area contributed by atoms with Crippen LogP contribution in [-0.4, -0.2) is 16.5 Å². The average molecular weight is 330 g/mol. The fourth-order valence-corrected chi connectivity index (χ4v) is 2.87. The maximum Gasteiger partial charge on any atom is 0.148 e. The molecule has 112 valence electrons. The van der Waals surface area contributed by atoms with E-state index >= 15 is 0 Å². The predicted octanol–water partition coefficient (Wildman–Crippen LogP) is 4.29. The van der Waals surface area contributed by atoms with E-state index in [2.05, 4.69) is 29.8 Å². The summed E-state index contributed by atoms with van der Waals surface area (Å²) in [5, 5.41) is 7.86. The van der Waals surface area contributed by atoms with E-state index in [1.807, 2.05) is 47.5 Å². The Hall–Kier alpha value is -2.04. The molecule has 0 amide bonds. The first-order valence-electron chi connectivity index (χ1n) is 6.98. The van der Waals surface area contributed by atoms with Crippen LogP contribution in [0.3, 0.4) is 0 Å². The molecule has 0 fully saturated rings. The van der Waals surface area contributed by atoms with Crippen molar-refractivity contribution in [1.82, 2.24) is 10.3 Å². The molecule has 22 heavy (non-hydrogen) atoms. The van der Waals surface area contributed by atoms with E-state index < -0.39 is 0 Å². The van der Waals surface area contributed by atoms with Crippen molar-refractivity contribution in [1.29, 1.82) is 0 Å². The summed E-state index contributed by atoms with van der Waals surface area (Å²) in [6.45, 7) is 2.06. The molecule has 1 atom stereocenters. The molecule has 0 bridgehead atoms. The second-order valence-corrected chi connectivity index (χ2v) is 5.75. The molecule has 0 spiro atoms. The van der Waals surface area contributed by atoms with Gasteiger partial charge in [-0.25, -0.2) is 0 Å². The summed E-state index contributed by atoms with van der Waals surface area (Å²) in [4.78, 5) is 0. The minimum atomic E-state index is -0.0933. The second-order valence-electron chi connectivity index (χ2n) is 5.04. The lowest BCUT2D eigenvalue weighted by atomic mass is 10.1. The molecule has 1 unspecified atom stereocenters. The quantitative estimate of drug-likeness (QED) is 0.818. The summed E-state index contributed by atoms with van der Waals surface area (Å²) in [7, 11) is 0. The second kappa shape index (κ2) is 6.38. The minimum Gasteiger partial charge on any atom is -0.358 e. The highest BCUT2D eigenvalue weighted by Crippen LogP contribution is 2.27. The molecule has 0 saturated heterocycles. The van der Waals surface area contributed by atoms with Gasteiger partial charge in [0.05, 0.1) is 17.1 Å². The van der Waals surface area contributed by atoms with Gasteiger partial charge in [-0.1, -0.05) is 60.2 Å². The fourth-order valence-electron chi connectivity index (χ4n) is 2.49. The summed E-state index contributed by atoms with van der Waals surface area (Å²) in [5.41, 5.74) is 7.57. The molecular weight excluding hydrogens is 314 g/mol. The number of hydrogen-bond acceptors (Lipinski definition) is 4. The van der Waals surface area contributed by atoms with Gasteiger partial charge in [-0.3, -0.25) is 10.4 Å². The first-order chi connectivity index (χ1) is 10.7. The molecule has 5 heteroatoms. The van der Waals surface area contributed by atoms with Gasteiger partial charge in [-0.15, -0.1) is 0 Å². The third kappa shape index (κ3) is 2.93. The Bertz CT molecular complexity index is 715. The number of nitrogens with one attached hydrogen (secondary N) is 2. The number of thiocarbonyl (C=S) groups is 1. The molecule has 1 aliphatic rings. The Balaban J connectivity index is 1.91. The van der Waals surface area contributed by atoms with Crippen molar-refractivity contribution in [2.45, 2.75) is 13.1 Å². The van der Waals surface area contributed by atoms with Crippen LogP contribution >= 0.6 is 23.8 Å². The van der Waals surface area contributed by atoms with Gasteiger partial charge >= 0.3 is 0 Å². The van der Waals surface area contributed by atoms with Gasteiger partial charge in [0, 0.05) is 10.4 Å². The van der Waals surface area contributed by atoms with E-state index in [1.54, 1.807) is 5.37 Å². The number of nitrogens with zero attached hydrogens (tertiary/aromatic N) is 1. The normalized spacial score (nSPS) is 17.4. The predicted molar refractivity (Wildman–Crippen MR) is 96.5 cm³/mol. The van der Waals surface area contributed by atoms with Gasteiger partial charge in [0.15, 0.2) is 0 Å². The number of hydrogen-bond donors (Lipinski definition) is 2. The molecule has 0 radical (unpaired) electrons. The molecule has 1 heterocycles. The van der Waals surface area contributed by atoms with E-state index in [4.69, 9.17) is 23.8 Å². The number of halogens is 1. The zero-order chi connectivity index (χ0) is 15.5. The van der Waals surface area contributed by atoms with Gasteiger partial charge in [-0.05, 0) is 30.7 Å². The summed E-state index contributed by atoms with van der Waals surface area (Å²) in [6.07, 6.45) is -0.0933. The van der Waals surface area contributed by atoms with Crippen LogP contribution in [-0.2, 0) is 0 Å². The SMILES string of the molecule is CC1=C(c2ccccc2)NC(C=S)N1Nc1cccc(Cl)c1. The topological polar surface area (TPSA) is 27.3 Å². The molecule has 3 rings (SSSR count). The summed E-state index contributed by atoms with van der Waals surface area (Å²) < 4.78 is 0. The molecule has 1 aliphatic heterocycles. The molecule has 2 aromatic rings.